The number of nitrogens with zero attached hydrogens (tertiary/aromatic N) is 1. The summed E-state index contributed by atoms with van der Waals surface area (Å²) in [6.45, 7) is 2.02. The van der Waals surface area contributed by atoms with Crippen LogP contribution in [0.1, 0.15) is 27.0 Å². The minimum absolute atomic E-state index is 0.253. The zero-order chi connectivity index (χ0) is 21.3. The molecule has 6 heteroatoms. The Morgan fingerprint density at radius 3 is 2.33 bits per heavy atom. The highest BCUT2D eigenvalue weighted by Crippen LogP contribution is 2.41. The second kappa shape index (κ2) is 8.08. The lowest BCUT2D eigenvalue weighted by Gasteiger charge is -2.23. The molecule has 1 amide bonds. The van der Waals surface area contributed by atoms with Crippen LogP contribution in [0.2, 0.25) is 0 Å². The smallest absolute Gasteiger partial charge is 0.337 e. The van der Waals surface area contributed by atoms with Crippen molar-refractivity contribution in [3.8, 4) is 0 Å². The molecule has 1 heterocycles. The highest BCUT2D eigenvalue weighted by molar-refractivity contribution is 7.82. The molecule has 3 aromatic rings. The maximum Gasteiger partial charge on any atom is 0.337 e. The van der Waals surface area contributed by atoms with Crippen molar-refractivity contribution < 1.29 is 14.3 Å². The number of hydrogen-bond donors (Lipinski definition) is 2. The summed E-state index contributed by atoms with van der Waals surface area (Å²) < 4.78 is 6.50. The van der Waals surface area contributed by atoms with E-state index in [4.69, 9.17) is 17.6 Å². The molecule has 0 bridgehead atoms. The van der Waals surface area contributed by atoms with Crippen molar-refractivity contribution in [2.75, 3.05) is 16.7 Å². The first-order valence-corrected chi connectivity index (χ1v) is 9.79. The Bertz CT molecular complexity index is 1150. The Balaban J connectivity index is 1.92. The van der Waals surface area contributed by atoms with Crippen LogP contribution in [0.3, 0.4) is 0 Å². The van der Waals surface area contributed by atoms with Gasteiger partial charge < -0.3 is 10.1 Å². The second-order valence-electron chi connectivity index (χ2n) is 6.94. The number of aryl methyl sites for hydroxylation is 1. The van der Waals surface area contributed by atoms with Gasteiger partial charge in [-0.25, -0.2) is 4.79 Å². The standard InChI is InChI=1S/C24H20N2O3S/c1-15-8-11-18(12-9-15)26(30)22(16-6-4-3-5-7-16)21-19-13-10-17(24(28)29-2)14-20(19)25-23(21)27/h3-14,30H,1-2H3,(H,25,27)/b22-21-. The summed E-state index contributed by atoms with van der Waals surface area (Å²) >= 11 is 4.76. The van der Waals surface area contributed by atoms with Crippen LogP contribution >= 0.6 is 12.8 Å². The Morgan fingerprint density at radius 1 is 0.967 bits per heavy atom. The van der Waals surface area contributed by atoms with E-state index in [1.54, 1.807) is 22.5 Å². The molecule has 1 aliphatic rings. The molecular weight excluding hydrogens is 396 g/mol. The molecule has 30 heavy (non-hydrogen) atoms. The van der Waals surface area contributed by atoms with Gasteiger partial charge in [0.2, 0.25) is 0 Å². The highest BCUT2D eigenvalue weighted by Gasteiger charge is 2.31. The van der Waals surface area contributed by atoms with Gasteiger partial charge in [0.15, 0.2) is 0 Å². The molecule has 0 aromatic heterocycles. The van der Waals surface area contributed by atoms with E-state index in [9.17, 15) is 9.59 Å². The van der Waals surface area contributed by atoms with Crippen LogP contribution in [0.25, 0.3) is 11.3 Å². The van der Waals surface area contributed by atoms with Crippen molar-refractivity contribution in [1.82, 2.24) is 0 Å². The third-order valence-corrected chi connectivity index (χ3v) is 5.39. The van der Waals surface area contributed by atoms with Gasteiger partial charge in [0.05, 0.1) is 35.3 Å². The number of esters is 1. The van der Waals surface area contributed by atoms with Gasteiger partial charge in [-0.05, 0) is 36.8 Å². The van der Waals surface area contributed by atoms with Crippen molar-refractivity contribution in [2.24, 2.45) is 0 Å². The van der Waals surface area contributed by atoms with E-state index in [2.05, 4.69) is 5.32 Å². The normalized spacial score (nSPS) is 14.0. The van der Waals surface area contributed by atoms with Crippen LogP contribution in [-0.2, 0) is 9.53 Å². The van der Waals surface area contributed by atoms with Gasteiger partial charge in [0.25, 0.3) is 5.91 Å². The molecule has 0 saturated carbocycles. The summed E-state index contributed by atoms with van der Waals surface area (Å²) in [5.74, 6) is -0.708. The molecule has 0 fully saturated rings. The number of fused-ring (bicyclic) bond motifs is 1. The van der Waals surface area contributed by atoms with Crippen molar-refractivity contribution >= 4 is 47.3 Å². The largest absolute Gasteiger partial charge is 0.465 e. The van der Waals surface area contributed by atoms with E-state index in [0.29, 0.717) is 28.1 Å². The Morgan fingerprint density at radius 2 is 1.67 bits per heavy atom. The first-order valence-electron chi connectivity index (χ1n) is 9.39. The van der Waals surface area contributed by atoms with E-state index in [0.717, 1.165) is 16.8 Å². The summed E-state index contributed by atoms with van der Waals surface area (Å²) in [7, 11) is 1.33. The van der Waals surface area contributed by atoms with Gasteiger partial charge in [-0.3, -0.25) is 9.10 Å². The van der Waals surface area contributed by atoms with E-state index in [1.165, 1.54) is 7.11 Å². The maximum atomic E-state index is 13.0. The molecule has 1 aliphatic heterocycles. The van der Waals surface area contributed by atoms with Gasteiger partial charge in [0, 0.05) is 5.56 Å². The number of rotatable bonds is 4. The zero-order valence-electron chi connectivity index (χ0n) is 16.5. The van der Waals surface area contributed by atoms with Gasteiger partial charge in [0.1, 0.15) is 0 Å². The van der Waals surface area contributed by atoms with Crippen LogP contribution in [0.5, 0.6) is 0 Å². The zero-order valence-corrected chi connectivity index (χ0v) is 17.4. The number of carbonyl (C=O) groups is 2. The lowest BCUT2D eigenvalue weighted by atomic mass is 9.99. The molecular formula is C24H20N2O3S. The third kappa shape index (κ3) is 3.57. The SMILES string of the molecule is COC(=O)c1ccc2c(c1)NC(=O)/C2=C(/c1ccccc1)N(S)c1ccc(C)cc1. The quantitative estimate of drug-likeness (QED) is 0.359. The van der Waals surface area contributed by atoms with Crippen LogP contribution in [-0.4, -0.2) is 19.0 Å². The summed E-state index contributed by atoms with van der Waals surface area (Å²) in [6, 6.07) is 22.6. The molecule has 1 N–H and O–H groups in total. The Kier molecular flexibility index (Phi) is 5.33. The van der Waals surface area contributed by atoms with Gasteiger partial charge in [-0.2, -0.15) is 0 Å². The molecule has 0 saturated heterocycles. The number of anilines is 2. The fourth-order valence-electron chi connectivity index (χ4n) is 3.44. The lowest BCUT2D eigenvalue weighted by Crippen LogP contribution is -2.15. The molecule has 0 aliphatic carbocycles. The van der Waals surface area contributed by atoms with Crippen molar-refractivity contribution in [1.29, 1.82) is 0 Å². The molecule has 0 atom stereocenters. The first-order chi connectivity index (χ1) is 14.5. The number of methoxy groups -OCH3 is 1. The number of thiol groups is 1. The molecule has 0 spiro atoms. The molecule has 150 valence electrons. The number of benzene rings is 3. The Labute approximate surface area is 180 Å². The van der Waals surface area contributed by atoms with Crippen LogP contribution in [0.4, 0.5) is 11.4 Å². The summed E-state index contributed by atoms with van der Waals surface area (Å²) in [5.41, 5.74) is 5.61. The minimum atomic E-state index is -0.455. The van der Waals surface area contributed by atoms with Gasteiger partial charge >= 0.3 is 5.97 Å². The number of ether oxygens (including phenoxy) is 1. The highest BCUT2D eigenvalue weighted by atomic mass is 32.1. The topological polar surface area (TPSA) is 58.6 Å². The predicted molar refractivity (Wildman–Crippen MR) is 122 cm³/mol. The molecule has 0 unspecified atom stereocenters. The average Bonchev–Trinajstić information content (AvgIpc) is 3.09. The Hall–Kier alpha value is -3.51. The summed E-state index contributed by atoms with van der Waals surface area (Å²) in [4.78, 5) is 24.9. The summed E-state index contributed by atoms with van der Waals surface area (Å²) in [6.07, 6.45) is 0. The minimum Gasteiger partial charge on any atom is -0.465 e. The molecule has 5 nitrogen and oxygen atoms in total. The fourth-order valence-corrected chi connectivity index (χ4v) is 3.79. The van der Waals surface area contributed by atoms with E-state index >= 15 is 0 Å². The number of nitrogens with one attached hydrogen (secondary N) is 1. The number of carbonyl (C=O) groups excluding carboxylic acids is 2. The van der Waals surface area contributed by atoms with E-state index < -0.39 is 5.97 Å². The van der Waals surface area contributed by atoms with Gasteiger partial charge in [-0.15, -0.1) is 0 Å². The van der Waals surface area contributed by atoms with Crippen molar-refractivity contribution in [2.45, 2.75) is 6.92 Å². The van der Waals surface area contributed by atoms with Crippen molar-refractivity contribution in [3.63, 3.8) is 0 Å². The monoisotopic (exact) mass is 416 g/mol. The van der Waals surface area contributed by atoms with Gasteiger partial charge in [-0.1, -0.05) is 66.9 Å². The van der Waals surface area contributed by atoms with Crippen LogP contribution in [0, 0.1) is 6.92 Å². The van der Waals surface area contributed by atoms with Crippen LogP contribution in [0.15, 0.2) is 72.8 Å². The van der Waals surface area contributed by atoms with E-state index in [-0.39, 0.29) is 5.91 Å². The van der Waals surface area contributed by atoms with E-state index in [1.807, 2.05) is 61.5 Å². The third-order valence-electron chi connectivity index (χ3n) is 4.96. The predicted octanol–water partition coefficient (Wildman–Crippen LogP) is 4.95. The molecule has 3 aromatic carbocycles. The maximum absolute atomic E-state index is 13.0. The van der Waals surface area contributed by atoms with Crippen molar-refractivity contribution in [3.05, 3.63) is 95.1 Å². The molecule has 4 rings (SSSR count). The molecule has 0 radical (unpaired) electrons. The van der Waals surface area contributed by atoms with Crippen LogP contribution < -0.4 is 9.62 Å². The lowest BCUT2D eigenvalue weighted by molar-refractivity contribution is -0.110. The summed E-state index contributed by atoms with van der Waals surface area (Å²) in [5, 5.41) is 2.87. The second-order valence-corrected chi connectivity index (χ2v) is 7.34. The number of hydrogen-bond acceptors (Lipinski definition) is 5. The first kappa shape index (κ1) is 19.8. The fraction of sp³-hybridized carbons (Fsp3) is 0.0833. The average molecular weight is 417 g/mol. The number of amides is 1.